The molecule has 0 saturated heterocycles. The third-order valence-corrected chi connectivity index (χ3v) is 3.16. The number of halogens is 1. The van der Waals surface area contributed by atoms with Gasteiger partial charge in [-0.15, -0.1) is 0 Å². The van der Waals surface area contributed by atoms with Gasteiger partial charge >= 0.3 is 5.97 Å². The summed E-state index contributed by atoms with van der Waals surface area (Å²) in [6, 6.07) is 8.22. The Labute approximate surface area is 104 Å². The van der Waals surface area contributed by atoms with E-state index in [0.717, 1.165) is 11.0 Å². The van der Waals surface area contributed by atoms with Gasteiger partial charge in [0, 0.05) is 23.5 Å². The van der Waals surface area contributed by atoms with E-state index in [1.165, 1.54) is 5.56 Å². The van der Waals surface area contributed by atoms with Crippen molar-refractivity contribution in [1.29, 1.82) is 0 Å². The summed E-state index contributed by atoms with van der Waals surface area (Å²) in [4.78, 5) is 10.4. The first kappa shape index (κ1) is 13.2. The molecule has 0 spiro atoms. The molecule has 0 amide bonds. The number of carbonyl (C=O) groups is 1. The van der Waals surface area contributed by atoms with E-state index < -0.39 is 5.97 Å². The van der Waals surface area contributed by atoms with Crippen LogP contribution in [0.2, 0.25) is 0 Å². The summed E-state index contributed by atoms with van der Waals surface area (Å²) in [7, 11) is 0. The first-order valence-corrected chi connectivity index (χ1v) is 6.07. The molecular weight excluding hydrogens is 270 g/mol. The number of hydrogen-bond donors (Lipinski definition) is 2. The van der Waals surface area contributed by atoms with Crippen LogP contribution in [0.1, 0.15) is 25.3 Å². The second-order valence-electron chi connectivity index (χ2n) is 3.81. The van der Waals surface area contributed by atoms with Crippen molar-refractivity contribution in [2.45, 2.75) is 32.4 Å². The summed E-state index contributed by atoms with van der Waals surface area (Å²) in [5.41, 5.74) is 1.18. The maximum atomic E-state index is 10.4. The smallest absolute Gasteiger partial charge is 0.303 e. The average Bonchev–Trinajstić information content (AvgIpc) is 2.25. The van der Waals surface area contributed by atoms with Crippen LogP contribution in [0.25, 0.3) is 0 Å². The van der Waals surface area contributed by atoms with Crippen molar-refractivity contribution >= 4 is 21.9 Å². The Morgan fingerprint density at radius 2 is 2.19 bits per heavy atom. The lowest BCUT2D eigenvalue weighted by atomic mass is 10.1. The predicted molar refractivity (Wildman–Crippen MR) is 67.3 cm³/mol. The van der Waals surface area contributed by atoms with Gasteiger partial charge in [-0.05, 0) is 25.0 Å². The van der Waals surface area contributed by atoms with Gasteiger partial charge in [-0.25, -0.2) is 0 Å². The molecule has 0 aliphatic heterocycles. The third kappa shape index (κ3) is 4.77. The first-order valence-electron chi connectivity index (χ1n) is 5.28. The van der Waals surface area contributed by atoms with E-state index in [4.69, 9.17) is 5.11 Å². The minimum Gasteiger partial charge on any atom is -0.481 e. The molecule has 88 valence electrons. The molecule has 2 N–H and O–H groups in total. The van der Waals surface area contributed by atoms with Gasteiger partial charge in [0.05, 0.1) is 0 Å². The number of carboxylic acid groups (broad SMARTS) is 1. The topological polar surface area (TPSA) is 49.3 Å². The monoisotopic (exact) mass is 285 g/mol. The van der Waals surface area contributed by atoms with Gasteiger partial charge in [-0.3, -0.25) is 4.79 Å². The second-order valence-corrected chi connectivity index (χ2v) is 4.66. The van der Waals surface area contributed by atoms with Gasteiger partial charge in [0.2, 0.25) is 0 Å². The lowest BCUT2D eigenvalue weighted by Crippen LogP contribution is -2.26. The van der Waals surface area contributed by atoms with Crippen molar-refractivity contribution in [3.63, 3.8) is 0 Å². The zero-order valence-corrected chi connectivity index (χ0v) is 10.8. The van der Waals surface area contributed by atoms with Gasteiger partial charge in [0.25, 0.3) is 0 Å². The average molecular weight is 286 g/mol. The molecule has 1 unspecified atom stereocenters. The standard InChI is InChI=1S/C12H16BrNO2/c1-9(6-7-12(15)16)14-8-10-4-2-3-5-11(10)13/h2-5,9,14H,6-8H2,1H3,(H,15,16). The quantitative estimate of drug-likeness (QED) is 0.845. The van der Waals surface area contributed by atoms with Crippen LogP contribution >= 0.6 is 15.9 Å². The van der Waals surface area contributed by atoms with Crippen LogP contribution in [0.15, 0.2) is 28.7 Å². The van der Waals surface area contributed by atoms with E-state index in [1.54, 1.807) is 0 Å². The second kappa shape index (κ2) is 6.66. The van der Waals surface area contributed by atoms with E-state index in [0.29, 0.717) is 6.42 Å². The molecular formula is C12H16BrNO2. The SMILES string of the molecule is CC(CCC(=O)O)NCc1ccccc1Br. The van der Waals surface area contributed by atoms with E-state index in [9.17, 15) is 4.79 Å². The van der Waals surface area contributed by atoms with Crippen molar-refractivity contribution in [3.05, 3.63) is 34.3 Å². The lowest BCUT2D eigenvalue weighted by Gasteiger charge is -2.13. The van der Waals surface area contributed by atoms with E-state index in [-0.39, 0.29) is 12.5 Å². The molecule has 0 radical (unpaired) electrons. The van der Waals surface area contributed by atoms with E-state index >= 15 is 0 Å². The number of aliphatic carboxylic acids is 1. The molecule has 0 heterocycles. The summed E-state index contributed by atoms with van der Waals surface area (Å²) >= 11 is 3.47. The van der Waals surface area contributed by atoms with Crippen LogP contribution in [0.5, 0.6) is 0 Å². The molecule has 0 aliphatic rings. The molecule has 0 fully saturated rings. The van der Waals surface area contributed by atoms with Gasteiger partial charge in [-0.1, -0.05) is 34.1 Å². The Morgan fingerprint density at radius 1 is 1.50 bits per heavy atom. The van der Waals surface area contributed by atoms with Crippen molar-refractivity contribution < 1.29 is 9.90 Å². The maximum Gasteiger partial charge on any atom is 0.303 e. The highest BCUT2D eigenvalue weighted by atomic mass is 79.9. The Bertz CT molecular complexity index is 355. The molecule has 0 saturated carbocycles. The largest absolute Gasteiger partial charge is 0.481 e. The normalized spacial score (nSPS) is 12.4. The Hall–Kier alpha value is -0.870. The lowest BCUT2D eigenvalue weighted by molar-refractivity contribution is -0.137. The first-order chi connectivity index (χ1) is 7.59. The summed E-state index contributed by atoms with van der Waals surface area (Å²) in [6.45, 7) is 2.75. The number of benzene rings is 1. The predicted octanol–water partition coefficient (Wildman–Crippen LogP) is 2.79. The highest BCUT2D eigenvalue weighted by Crippen LogP contribution is 2.15. The fourth-order valence-corrected chi connectivity index (χ4v) is 1.79. The van der Waals surface area contributed by atoms with Gasteiger partial charge in [0.15, 0.2) is 0 Å². The Morgan fingerprint density at radius 3 is 2.81 bits per heavy atom. The van der Waals surface area contributed by atoms with Gasteiger partial charge in [0.1, 0.15) is 0 Å². The maximum absolute atomic E-state index is 10.4. The van der Waals surface area contributed by atoms with Crippen LogP contribution in [-0.4, -0.2) is 17.1 Å². The van der Waals surface area contributed by atoms with Crippen molar-refractivity contribution in [3.8, 4) is 0 Å². The number of nitrogens with one attached hydrogen (secondary N) is 1. The van der Waals surface area contributed by atoms with Crippen LogP contribution in [0, 0.1) is 0 Å². The molecule has 0 bridgehead atoms. The van der Waals surface area contributed by atoms with Crippen molar-refractivity contribution in [2.24, 2.45) is 0 Å². The molecule has 0 aliphatic carbocycles. The number of hydrogen-bond acceptors (Lipinski definition) is 2. The number of rotatable bonds is 6. The zero-order valence-electron chi connectivity index (χ0n) is 9.24. The fourth-order valence-electron chi connectivity index (χ4n) is 1.37. The van der Waals surface area contributed by atoms with Crippen LogP contribution in [-0.2, 0) is 11.3 Å². The van der Waals surface area contributed by atoms with Crippen LogP contribution in [0.3, 0.4) is 0 Å². The minimum absolute atomic E-state index is 0.211. The highest BCUT2D eigenvalue weighted by Gasteiger charge is 2.05. The molecule has 0 aromatic heterocycles. The molecule has 1 aromatic rings. The van der Waals surface area contributed by atoms with Gasteiger partial charge in [-0.2, -0.15) is 0 Å². The molecule has 4 heteroatoms. The molecule has 1 atom stereocenters. The van der Waals surface area contributed by atoms with Gasteiger partial charge < -0.3 is 10.4 Å². The van der Waals surface area contributed by atoms with Crippen LogP contribution in [0.4, 0.5) is 0 Å². The molecule has 16 heavy (non-hydrogen) atoms. The Balaban J connectivity index is 2.34. The summed E-state index contributed by atoms with van der Waals surface area (Å²) in [6.07, 6.45) is 0.865. The fraction of sp³-hybridized carbons (Fsp3) is 0.417. The minimum atomic E-state index is -0.741. The Kier molecular flexibility index (Phi) is 5.49. The van der Waals surface area contributed by atoms with E-state index in [1.807, 2.05) is 31.2 Å². The summed E-state index contributed by atoms with van der Waals surface area (Å²) in [5, 5.41) is 11.9. The summed E-state index contributed by atoms with van der Waals surface area (Å²) < 4.78 is 1.08. The highest BCUT2D eigenvalue weighted by molar-refractivity contribution is 9.10. The van der Waals surface area contributed by atoms with Crippen molar-refractivity contribution in [2.75, 3.05) is 0 Å². The third-order valence-electron chi connectivity index (χ3n) is 2.39. The van der Waals surface area contributed by atoms with Crippen molar-refractivity contribution in [1.82, 2.24) is 5.32 Å². The van der Waals surface area contributed by atoms with Crippen LogP contribution < -0.4 is 5.32 Å². The zero-order chi connectivity index (χ0) is 12.0. The summed E-state index contributed by atoms with van der Waals surface area (Å²) in [5.74, 6) is -0.741. The molecule has 3 nitrogen and oxygen atoms in total. The molecule has 1 aromatic carbocycles. The van der Waals surface area contributed by atoms with E-state index in [2.05, 4.69) is 21.2 Å². The number of carboxylic acids is 1. The molecule has 1 rings (SSSR count).